The van der Waals surface area contributed by atoms with Gasteiger partial charge in [0.2, 0.25) is 0 Å². The first-order valence-corrected chi connectivity index (χ1v) is 12.0. The van der Waals surface area contributed by atoms with E-state index in [4.69, 9.17) is 0 Å². The Labute approximate surface area is 188 Å². The minimum atomic E-state index is 0.381. The molecule has 0 saturated carbocycles. The number of nitrogens with zero attached hydrogens (tertiary/aromatic N) is 1. The van der Waals surface area contributed by atoms with Crippen molar-refractivity contribution in [2.45, 2.75) is 72.3 Å². The van der Waals surface area contributed by atoms with Crippen molar-refractivity contribution >= 4 is 21.8 Å². The first-order chi connectivity index (χ1) is 15.0. The van der Waals surface area contributed by atoms with Gasteiger partial charge in [0, 0.05) is 28.4 Å². The van der Waals surface area contributed by atoms with Crippen molar-refractivity contribution < 1.29 is 0 Å². The monoisotopic (exact) mass is 411 g/mol. The molecule has 0 spiro atoms. The fourth-order valence-electron chi connectivity index (χ4n) is 5.04. The molecule has 1 heterocycles. The molecule has 3 aromatic carbocycles. The van der Waals surface area contributed by atoms with E-state index in [2.05, 4.69) is 105 Å². The lowest BCUT2D eigenvalue weighted by Crippen LogP contribution is -2.11. The van der Waals surface area contributed by atoms with Gasteiger partial charge < -0.3 is 4.57 Å². The van der Waals surface area contributed by atoms with Crippen LogP contribution in [0.1, 0.15) is 70.4 Å². The molecule has 31 heavy (non-hydrogen) atoms. The van der Waals surface area contributed by atoms with Gasteiger partial charge in [-0.1, -0.05) is 88.4 Å². The highest BCUT2D eigenvalue weighted by Gasteiger charge is 2.18. The smallest absolute Gasteiger partial charge is 0.0491 e. The highest BCUT2D eigenvalue weighted by Crippen LogP contribution is 2.33. The van der Waals surface area contributed by atoms with Gasteiger partial charge in [-0.15, -0.1) is 0 Å². The van der Waals surface area contributed by atoms with Crippen molar-refractivity contribution in [3.05, 3.63) is 83.9 Å². The molecule has 0 saturated heterocycles. The van der Waals surface area contributed by atoms with Crippen LogP contribution < -0.4 is 0 Å². The molecule has 0 bridgehead atoms. The summed E-state index contributed by atoms with van der Waals surface area (Å²) in [6, 6.07) is 27.1. The van der Waals surface area contributed by atoms with E-state index < -0.39 is 0 Å². The zero-order valence-electron chi connectivity index (χ0n) is 19.7. The van der Waals surface area contributed by atoms with Crippen molar-refractivity contribution in [1.82, 2.24) is 4.57 Å². The zero-order valence-corrected chi connectivity index (χ0v) is 19.7. The van der Waals surface area contributed by atoms with Gasteiger partial charge >= 0.3 is 0 Å². The van der Waals surface area contributed by atoms with Gasteiger partial charge in [0.15, 0.2) is 0 Å². The number of rotatable bonds is 8. The van der Waals surface area contributed by atoms with Crippen molar-refractivity contribution in [2.24, 2.45) is 5.41 Å². The standard InChI is InChI=1S/C30H37N/c1-5-24(22-30(2,3)4)25-19-17-23(18-20-25)12-10-11-21-31-28-15-8-6-13-26(28)27-14-7-9-16-29(27)31/h6-9,13-20,24H,5,10-12,21-22H2,1-4H3. The fourth-order valence-corrected chi connectivity index (χ4v) is 5.04. The lowest BCUT2D eigenvalue weighted by molar-refractivity contribution is 0.335. The Hall–Kier alpha value is -2.54. The van der Waals surface area contributed by atoms with Crippen LogP contribution >= 0.6 is 0 Å². The zero-order chi connectivity index (χ0) is 21.8. The highest BCUT2D eigenvalue weighted by molar-refractivity contribution is 6.07. The van der Waals surface area contributed by atoms with Crippen LogP contribution in [-0.2, 0) is 13.0 Å². The fraction of sp³-hybridized carbons (Fsp3) is 0.400. The number of aryl methyl sites for hydroxylation is 2. The third kappa shape index (κ3) is 5.03. The molecular weight excluding hydrogens is 374 g/mol. The van der Waals surface area contributed by atoms with E-state index in [9.17, 15) is 0 Å². The van der Waals surface area contributed by atoms with Crippen LogP contribution in [0.5, 0.6) is 0 Å². The van der Waals surface area contributed by atoms with Gasteiger partial charge in [-0.05, 0) is 66.7 Å². The molecule has 0 aliphatic rings. The summed E-state index contributed by atoms with van der Waals surface area (Å²) in [6.45, 7) is 10.4. The molecule has 0 fully saturated rings. The Kier molecular flexibility index (Phi) is 6.51. The van der Waals surface area contributed by atoms with Gasteiger partial charge in [-0.2, -0.15) is 0 Å². The van der Waals surface area contributed by atoms with E-state index in [0.29, 0.717) is 11.3 Å². The molecule has 1 heteroatoms. The molecule has 1 nitrogen and oxygen atoms in total. The van der Waals surface area contributed by atoms with Crippen molar-refractivity contribution in [1.29, 1.82) is 0 Å². The van der Waals surface area contributed by atoms with E-state index in [1.807, 2.05) is 0 Å². The lowest BCUT2D eigenvalue weighted by Gasteiger charge is -2.25. The summed E-state index contributed by atoms with van der Waals surface area (Å²) in [5, 5.41) is 2.74. The van der Waals surface area contributed by atoms with Gasteiger partial charge in [0.05, 0.1) is 0 Å². The lowest BCUT2D eigenvalue weighted by atomic mass is 9.80. The summed E-state index contributed by atoms with van der Waals surface area (Å²) in [4.78, 5) is 0. The van der Waals surface area contributed by atoms with Crippen LogP contribution in [-0.4, -0.2) is 4.57 Å². The first-order valence-electron chi connectivity index (χ1n) is 12.0. The summed E-state index contributed by atoms with van der Waals surface area (Å²) in [5.41, 5.74) is 6.07. The summed E-state index contributed by atoms with van der Waals surface area (Å²) >= 11 is 0. The predicted octanol–water partition coefficient (Wildman–Crippen LogP) is 8.75. The van der Waals surface area contributed by atoms with Crippen molar-refractivity contribution in [2.75, 3.05) is 0 Å². The summed E-state index contributed by atoms with van der Waals surface area (Å²) in [6.07, 6.45) is 6.05. The Morgan fingerprint density at radius 3 is 1.87 bits per heavy atom. The number of hydrogen-bond acceptors (Lipinski definition) is 0. The summed E-state index contributed by atoms with van der Waals surface area (Å²) in [5.74, 6) is 0.671. The maximum Gasteiger partial charge on any atom is 0.0491 e. The molecular formula is C30H37N. The number of hydrogen-bond donors (Lipinski definition) is 0. The Bertz CT molecular complexity index is 1070. The molecule has 0 N–H and O–H groups in total. The third-order valence-corrected chi connectivity index (χ3v) is 6.58. The molecule has 0 radical (unpaired) electrons. The van der Waals surface area contributed by atoms with Crippen LogP contribution in [0.25, 0.3) is 21.8 Å². The Balaban J connectivity index is 1.38. The second-order valence-corrected chi connectivity index (χ2v) is 10.3. The molecule has 1 unspecified atom stereocenters. The Morgan fingerprint density at radius 1 is 0.742 bits per heavy atom. The van der Waals surface area contributed by atoms with E-state index >= 15 is 0 Å². The molecule has 0 aliphatic heterocycles. The third-order valence-electron chi connectivity index (χ3n) is 6.58. The van der Waals surface area contributed by atoms with Crippen LogP contribution in [0.4, 0.5) is 0 Å². The average Bonchev–Trinajstić information content (AvgIpc) is 3.09. The normalized spacial score (nSPS) is 13.2. The topological polar surface area (TPSA) is 4.93 Å². The number of unbranched alkanes of at least 4 members (excludes halogenated alkanes) is 1. The van der Waals surface area contributed by atoms with E-state index in [1.54, 1.807) is 0 Å². The Morgan fingerprint density at radius 2 is 1.32 bits per heavy atom. The maximum atomic E-state index is 2.51. The van der Waals surface area contributed by atoms with Crippen LogP contribution in [0.3, 0.4) is 0 Å². The van der Waals surface area contributed by atoms with Gasteiger partial charge in [-0.25, -0.2) is 0 Å². The average molecular weight is 412 g/mol. The minimum Gasteiger partial charge on any atom is -0.340 e. The molecule has 1 aromatic heterocycles. The van der Waals surface area contributed by atoms with E-state index in [1.165, 1.54) is 58.6 Å². The van der Waals surface area contributed by atoms with Crippen LogP contribution in [0.15, 0.2) is 72.8 Å². The van der Waals surface area contributed by atoms with Gasteiger partial charge in [0.25, 0.3) is 0 Å². The summed E-state index contributed by atoms with van der Waals surface area (Å²) < 4.78 is 2.51. The largest absolute Gasteiger partial charge is 0.340 e. The molecule has 4 rings (SSSR count). The van der Waals surface area contributed by atoms with Crippen LogP contribution in [0, 0.1) is 5.41 Å². The predicted molar refractivity (Wildman–Crippen MR) is 136 cm³/mol. The molecule has 0 aliphatic carbocycles. The summed E-state index contributed by atoms with van der Waals surface area (Å²) in [7, 11) is 0. The van der Waals surface area contributed by atoms with Crippen LogP contribution in [0.2, 0.25) is 0 Å². The molecule has 1 atom stereocenters. The number of fused-ring (bicyclic) bond motifs is 3. The van der Waals surface area contributed by atoms with Gasteiger partial charge in [-0.3, -0.25) is 0 Å². The van der Waals surface area contributed by atoms with Gasteiger partial charge in [0.1, 0.15) is 0 Å². The van der Waals surface area contributed by atoms with Crippen molar-refractivity contribution in [3.63, 3.8) is 0 Å². The number of benzene rings is 3. The molecule has 162 valence electrons. The second kappa shape index (κ2) is 9.30. The number of aromatic nitrogens is 1. The molecule has 0 amide bonds. The minimum absolute atomic E-state index is 0.381. The number of para-hydroxylation sites is 2. The highest BCUT2D eigenvalue weighted by atomic mass is 15.0. The molecule has 4 aromatic rings. The quantitative estimate of drug-likeness (QED) is 0.255. The SMILES string of the molecule is CCC(CC(C)(C)C)c1ccc(CCCCn2c3ccccc3c3ccccc32)cc1. The van der Waals surface area contributed by atoms with E-state index in [0.717, 1.165) is 13.0 Å². The first kappa shape index (κ1) is 21.7. The maximum absolute atomic E-state index is 2.51. The van der Waals surface area contributed by atoms with Crippen molar-refractivity contribution in [3.8, 4) is 0 Å². The second-order valence-electron chi connectivity index (χ2n) is 10.3. The van der Waals surface area contributed by atoms with E-state index in [-0.39, 0.29) is 0 Å².